The van der Waals surface area contributed by atoms with E-state index in [2.05, 4.69) is 15.9 Å². The highest BCUT2D eigenvalue weighted by Gasteiger charge is 2.31. The molecule has 1 aliphatic rings. The number of amides is 1. The Morgan fingerprint density at radius 1 is 1.43 bits per heavy atom. The zero-order chi connectivity index (χ0) is 15.6. The van der Waals surface area contributed by atoms with E-state index in [1.165, 1.54) is 0 Å². The average molecular weight is 357 g/mol. The normalized spacial score (nSPS) is 18.7. The number of nitrogens with two attached hydrogens (primary N) is 1. The molecule has 0 radical (unpaired) electrons. The number of halogens is 1. The van der Waals surface area contributed by atoms with E-state index in [1.54, 1.807) is 11.0 Å². The summed E-state index contributed by atoms with van der Waals surface area (Å²) in [6, 6.07) is 5.50. The molecule has 0 bridgehead atoms. The van der Waals surface area contributed by atoms with Crippen molar-refractivity contribution in [3.63, 3.8) is 0 Å². The van der Waals surface area contributed by atoms with Gasteiger partial charge in [0, 0.05) is 17.4 Å². The van der Waals surface area contributed by atoms with Gasteiger partial charge in [-0.05, 0) is 39.0 Å². The lowest BCUT2D eigenvalue weighted by atomic mass is 10.2. The zero-order valence-corrected chi connectivity index (χ0v) is 14.1. The lowest BCUT2D eigenvalue weighted by Crippen LogP contribution is -2.36. The summed E-state index contributed by atoms with van der Waals surface area (Å²) >= 11 is 3.39. The molecule has 2 rings (SSSR count). The third-order valence-electron chi connectivity index (χ3n) is 3.07. The molecule has 1 aromatic rings. The first kappa shape index (κ1) is 15.9. The molecular weight excluding hydrogens is 336 g/mol. The van der Waals surface area contributed by atoms with Gasteiger partial charge in [0.1, 0.15) is 17.5 Å². The lowest BCUT2D eigenvalue weighted by Gasteiger charge is -2.24. The van der Waals surface area contributed by atoms with Gasteiger partial charge in [0.2, 0.25) is 0 Å². The van der Waals surface area contributed by atoms with Crippen LogP contribution in [0.15, 0.2) is 22.7 Å². The topological polar surface area (TPSA) is 64.8 Å². The Balaban J connectivity index is 1.93. The lowest BCUT2D eigenvalue weighted by molar-refractivity contribution is 0.0276. The van der Waals surface area contributed by atoms with Gasteiger partial charge in [-0.15, -0.1) is 0 Å². The first-order valence-electron chi connectivity index (χ1n) is 6.94. The van der Waals surface area contributed by atoms with E-state index >= 15 is 0 Å². The first-order chi connectivity index (χ1) is 9.74. The second kappa shape index (κ2) is 6.13. The number of hydrogen-bond acceptors (Lipinski definition) is 4. The van der Waals surface area contributed by atoms with Crippen molar-refractivity contribution >= 4 is 27.7 Å². The van der Waals surface area contributed by atoms with Gasteiger partial charge in [0.05, 0.1) is 12.2 Å². The van der Waals surface area contributed by atoms with Crippen LogP contribution < -0.4 is 10.5 Å². The average Bonchev–Trinajstić information content (AvgIpc) is 2.80. The maximum Gasteiger partial charge on any atom is 0.410 e. The molecule has 1 amide bonds. The van der Waals surface area contributed by atoms with Gasteiger partial charge in [-0.2, -0.15) is 0 Å². The first-order valence-corrected chi connectivity index (χ1v) is 7.73. The monoisotopic (exact) mass is 356 g/mol. The van der Waals surface area contributed by atoms with Crippen LogP contribution in [-0.2, 0) is 4.74 Å². The van der Waals surface area contributed by atoms with Crippen LogP contribution in [0.4, 0.5) is 10.5 Å². The molecular formula is C15H21BrN2O3. The van der Waals surface area contributed by atoms with Gasteiger partial charge in [-0.25, -0.2) is 4.79 Å². The minimum Gasteiger partial charge on any atom is -0.486 e. The number of benzene rings is 1. The summed E-state index contributed by atoms with van der Waals surface area (Å²) in [5.74, 6) is 0.639. The Kier molecular flexibility index (Phi) is 4.66. The van der Waals surface area contributed by atoms with E-state index < -0.39 is 5.60 Å². The summed E-state index contributed by atoms with van der Waals surface area (Å²) in [6.07, 6.45) is 0.412. The molecule has 0 aromatic heterocycles. The summed E-state index contributed by atoms with van der Waals surface area (Å²) < 4.78 is 12.2. The minimum atomic E-state index is -0.481. The standard InChI is InChI=1S/C15H21BrN2O3/c1-15(2,3)21-14(19)18-7-6-11(9-18)20-13-8-10(16)4-5-12(13)17/h4-5,8,11H,6-7,9,17H2,1-3H3. The molecule has 0 spiro atoms. The molecule has 21 heavy (non-hydrogen) atoms. The molecule has 116 valence electrons. The predicted molar refractivity (Wildman–Crippen MR) is 85.4 cm³/mol. The van der Waals surface area contributed by atoms with Crippen LogP contribution in [0, 0.1) is 0 Å². The van der Waals surface area contributed by atoms with E-state index in [-0.39, 0.29) is 12.2 Å². The van der Waals surface area contributed by atoms with E-state index in [0.717, 1.165) is 10.9 Å². The fraction of sp³-hybridized carbons (Fsp3) is 0.533. The summed E-state index contributed by atoms with van der Waals surface area (Å²) in [5, 5.41) is 0. The van der Waals surface area contributed by atoms with E-state index in [1.807, 2.05) is 32.9 Å². The highest BCUT2D eigenvalue weighted by molar-refractivity contribution is 9.10. The smallest absolute Gasteiger partial charge is 0.410 e. The van der Waals surface area contributed by atoms with Crippen molar-refractivity contribution in [1.82, 2.24) is 4.90 Å². The SMILES string of the molecule is CC(C)(C)OC(=O)N1CCC(Oc2cc(Br)ccc2N)C1. The molecule has 6 heteroatoms. The summed E-state index contributed by atoms with van der Waals surface area (Å²) in [6.45, 7) is 6.72. The molecule has 2 N–H and O–H groups in total. The Hall–Kier alpha value is -1.43. The van der Waals surface area contributed by atoms with Crippen molar-refractivity contribution < 1.29 is 14.3 Å². The van der Waals surface area contributed by atoms with Gasteiger partial charge >= 0.3 is 6.09 Å². The van der Waals surface area contributed by atoms with Crippen LogP contribution in [0.1, 0.15) is 27.2 Å². The fourth-order valence-corrected chi connectivity index (χ4v) is 2.45. The van der Waals surface area contributed by atoms with Crippen molar-refractivity contribution in [3.8, 4) is 5.75 Å². The number of hydrogen-bond donors (Lipinski definition) is 1. The number of nitrogens with zero attached hydrogens (tertiary/aromatic N) is 1. The van der Waals surface area contributed by atoms with Crippen molar-refractivity contribution in [1.29, 1.82) is 0 Å². The maximum absolute atomic E-state index is 12.0. The van der Waals surface area contributed by atoms with E-state index in [0.29, 0.717) is 24.5 Å². The van der Waals surface area contributed by atoms with E-state index in [4.69, 9.17) is 15.2 Å². The van der Waals surface area contributed by atoms with Gasteiger partial charge in [0.15, 0.2) is 0 Å². The molecule has 1 saturated heterocycles. The summed E-state index contributed by atoms with van der Waals surface area (Å²) in [4.78, 5) is 13.7. The Morgan fingerprint density at radius 2 is 2.14 bits per heavy atom. The molecule has 1 atom stereocenters. The van der Waals surface area contributed by atoms with Crippen molar-refractivity contribution in [3.05, 3.63) is 22.7 Å². The number of rotatable bonds is 2. The second-order valence-corrected chi connectivity index (χ2v) is 7.05. The molecule has 1 aliphatic heterocycles. The molecule has 1 unspecified atom stereocenters. The second-order valence-electron chi connectivity index (χ2n) is 6.14. The maximum atomic E-state index is 12.0. The Bertz CT molecular complexity index is 528. The van der Waals surface area contributed by atoms with Crippen LogP contribution >= 0.6 is 15.9 Å². The molecule has 1 aromatic carbocycles. The Morgan fingerprint density at radius 3 is 2.81 bits per heavy atom. The third-order valence-corrected chi connectivity index (χ3v) is 3.56. The third kappa shape index (κ3) is 4.52. The highest BCUT2D eigenvalue weighted by atomic mass is 79.9. The predicted octanol–water partition coefficient (Wildman–Crippen LogP) is 3.42. The van der Waals surface area contributed by atoms with Gasteiger partial charge < -0.3 is 20.1 Å². The van der Waals surface area contributed by atoms with Crippen LogP contribution in [0.3, 0.4) is 0 Å². The molecule has 1 heterocycles. The number of carbonyl (C=O) groups is 1. The molecule has 0 saturated carbocycles. The Labute approximate surface area is 133 Å². The number of ether oxygens (including phenoxy) is 2. The number of anilines is 1. The number of likely N-dealkylation sites (tertiary alicyclic amines) is 1. The summed E-state index contributed by atoms with van der Waals surface area (Å²) in [5.41, 5.74) is 6.00. The van der Waals surface area contributed by atoms with Gasteiger partial charge in [-0.1, -0.05) is 15.9 Å². The molecule has 5 nitrogen and oxygen atoms in total. The fourth-order valence-electron chi connectivity index (χ4n) is 2.11. The molecule has 1 fully saturated rings. The summed E-state index contributed by atoms with van der Waals surface area (Å²) in [7, 11) is 0. The van der Waals surface area contributed by atoms with Crippen LogP contribution in [0.5, 0.6) is 5.75 Å². The van der Waals surface area contributed by atoms with Crippen molar-refractivity contribution in [2.75, 3.05) is 18.8 Å². The van der Waals surface area contributed by atoms with Crippen molar-refractivity contribution in [2.45, 2.75) is 38.9 Å². The van der Waals surface area contributed by atoms with Gasteiger partial charge in [0.25, 0.3) is 0 Å². The highest BCUT2D eigenvalue weighted by Crippen LogP contribution is 2.28. The minimum absolute atomic E-state index is 0.0610. The van der Waals surface area contributed by atoms with Crippen molar-refractivity contribution in [2.24, 2.45) is 0 Å². The van der Waals surface area contributed by atoms with Crippen LogP contribution in [0.25, 0.3) is 0 Å². The van der Waals surface area contributed by atoms with Crippen LogP contribution in [-0.4, -0.2) is 35.8 Å². The van der Waals surface area contributed by atoms with Crippen LogP contribution in [0.2, 0.25) is 0 Å². The van der Waals surface area contributed by atoms with Gasteiger partial charge in [-0.3, -0.25) is 0 Å². The number of nitrogen functional groups attached to an aromatic ring is 1. The number of carbonyl (C=O) groups excluding carboxylic acids is 1. The quantitative estimate of drug-likeness (QED) is 0.824. The largest absolute Gasteiger partial charge is 0.486 e. The zero-order valence-electron chi connectivity index (χ0n) is 12.6. The van der Waals surface area contributed by atoms with E-state index in [9.17, 15) is 4.79 Å². The molecule has 0 aliphatic carbocycles.